The van der Waals surface area contributed by atoms with Gasteiger partial charge in [0.25, 0.3) is 0 Å². The van der Waals surface area contributed by atoms with E-state index in [-0.39, 0.29) is 0 Å². The zero-order valence-electron chi connectivity index (χ0n) is 12.0. The Morgan fingerprint density at radius 2 is 2.00 bits per heavy atom. The molecule has 0 aliphatic carbocycles. The molecule has 0 fully saturated rings. The lowest BCUT2D eigenvalue weighted by molar-refractivity contribution is -0.109. The summed E-state index contributed by atoms with van der Waals surface area (Å²) in [7, 11) is 3.15. The first-order chi connectivity index (χ1) is 10.6. The highest BCUT2D eigenvalue weighted by molar-refractivity contribution is 9.10. The first-order valence-electron chi connectivity index (χ1n) is 6.60. The summed E-state index contributed by atoms with van der Waals surface area (Å²) >= 11 is 9.63. The molecule has 0 saturated carbocycles. The fourth-order valence-electron chi connectivity index (χ4n) is 2.66. The highest BCUT2D eigenvalue weighted by Gasteiger charge is 2.34. The van der Waals surface area contributed by atoms with Crippen molar-refractivity contribution in [2.45, 2.75) is 12.4 Å². The molecule has 0 aromatic heterocycles. The number of fused-ring (bicyclic) bond motifs is 1. The molecule has 3 rings (SSSR count). The molecule has 0 bridgehead atoms. The van der Waals surface area contributed by atoms with Gasteiger partial charge < -0.3 is 19.3 Å². The van der Waals surface area contributed by atoms with Crippen molar-refractivity contribution in [1.82, 2.24) is 0 Å². The van der Waals surface area contributed by atoms with Crippen LogP contribution in [-0.4, -0.2) is 19.3 Å². The third-order valence-corrected chi connectivity index (χ3v) is 4.56. The van der Waals surface area contributed by atoms with Crippen LogP contribution in [0.5, 0.6) is 11.5 Å². The molecule has 0 saturated heterocycles. The lowest BCUT2D eigenvalue weighted by Crippen LogP contribution is -2.02. The van der Waals surface area contributed by atoms with Crippen molar-refractivity contribution in [3.8, 4) is 11.5 Å². The van der Waals surface area contributed by atoms with Gasteiger partial charge in [-0.2, -0.15) is 0 Å². The highest BCUT2D eigenvalue weighted by atomic mass is 79.9. The van der Waals surface area contributed by atoms with E-state index in [0.29, 0.717) is 22.1 Å². The van der Waals surface area contributed by atoms with Gasteiger partial charge in [-0.05, 0) is 45.3 Å². The van der Waals surface area contributed by atoms with Crippen LogP contribution >= 0.6 is 27.5 Å². The van der Waals surface area contributed by atoms with E-state index in [9.17, 15) is 5.11 Å². The summed E-state index contributed by atoms with van der Waals surface area (Å²) in [6.45, 7) is 0. The number of aliphatic hydroxyl groups is 1. The van der Waals surface area contributed by atoms with Crippen molar-refractivity contribution in [2.24, 2.45) is 0 Å². The van der Waals surface area contributed by atoms with E-state index in [1.165, 1.54) is 0 Å². The molecule has 22 heavy (non-hydrogen) atoms. The van der Waals surface area contributed by atoms with Gasteiger partial charge in [0.2, 0.25) is 0 Å². The molecule has 6 heteroatoms. The Hall–Kier alpha value is -1.27. The van der Waals surface area contributed by atoms with Crippen molar-refractivity contribution < 1.29 is 19.3 Å². The summed E-state index contributed by atoms with van der Waals surface area (Å²) in [6.07, 6.45) is -1.46. The molecule has 1 aliphatic rings. The SMILES string of the molecule is COc1cc(C2OC(O)c3c(Cl)cccc32)cc(Br)c1OC. The minimum Gasteiger partial charge on any atom is -0.493 e. The van der Waals surface area contributed by atoms with Gasteiger partial charge in [0.05, 0.1) is 18.7 Å². The molecule has 2 aromatic carbocycles. The topological polar surface area (TPSA) is 47.9 Å². The van der Waals surface area contributed by atoms with Gasteiger partial charge in [-0.15, -0.1) is 0 Å². The maximum Gasteiger partial charge on any atom is 0.184 e. The highest BCUT2D eigenvalue weighted by Crippen LogP contribution is 2.47. The molecule has 2 unspecified atom stereocenters. The van der Waals surface area contributed by atoms with Gasteiger partial charge in [0.15, 0.2) is 17.8 Å². The average Bonchev–Trinajstić information content (AvgIpc) is 2.85. The smallest absolute Gasteiger partial charge is 0.184 e. The summed E-state index contributed by atoms with van der Waals surface area (Å²) in [5.74, 6) is 1.19. The fraction of sp³-hybridized carbons (Fsp3) is 0.250. The minimum absolute atomic E-state index is 0.417. The second-order valence-corrected chi connectivity index (χ2v) is 6.11. The van der Waals surface area contributed by atoms with Crippen LogP contribution in [0.1, 0.15) is 29.1 Å². The Morgan fingerprint density at radius 3 is 2.68 bits per heavy atom. The number of hydrogen-bond donors (Lipinski definition) is 1. The van der Waals surface area contributed by atoms with E-state index >= 15 is 0 Å². The van der Waals surface area contributed by atoms with E-state index in [4.69, 9.17) is 25.8 Å². The van der Waals surface area contributed by atoms with Gasteiger partial charge in [-0.25, -0.2) is 0 Å². The van der Waals surface area contributed by atoms with Crippen LogP contribution in [0.15, 0.2) is 34.8 Å². The summed E-state index contributed by atoms with van der Waals surface area (Å²) in [5.41, 5.74) is 2.30. The molecule has 1 N–H and O–H groups in total. The maximum absolute atomic E-state index is 10.1. The molecule has 2 atom stereocenters. The predicted octanol–water partition coefficient (Wildman–Crippen LogP) is 4.23. The van der Waals surface area contributed by atoms with Crippen LogP contribution in [-0.2, 0) is 4.74 Å². The van der Waals surface area contributed by atoms with Gasteiger partial charge in [-0.3, -0.25) is 0 Å². The molecule has 116 valence electrons. The number of aliphatic hydroxyl groups excluding tert-OH is 1. The molecular weight excluding hydrogens is 372 g/mol. The third kappa shape index (κ3) is 2.48. The first kappa shape index (κ1) is 15.6. The number of methoxy groups -OCH3 is 2. The Labute approximate surface area is 141 Å². The Bertz CT molecular complexity index is 720. The molecule has 0 amide bonds. The maximum atomic E-state index is 10.1. The van der Waals surface area contributed by atoms with Crippen LogP contribution in [0.25, 0.3) is 0 Å². The summed E-state index contributed by atoms with van der Waals surface area (Å²) in [6, 6.07) is 9.18. The zero-order chi connectivity index (χ0) is 15.9. The molecule has 1 aliphatic heterocycles. The largest absolute Gasteiger partial charge is 0.493 e. The molecule has 0 radical (unpaired) electrons. The Morgan fingerprint density at radius 1 is 1.23 bits per heavy atom. The standard InChI is InChI=1S/C16H14BrClO4/c1-20-12-7-8(6-10(17)15(12)21-2)14-9-4-3-5-11(18)13(9)16(19)22-14/h3-7,14,16,19H,1-2H3. The van der Waals surface area contributed by atoms with E-state index in [1.807, 2.05) is 24.3 Å². The second-order valence-electron chi connectivity index (χ2n) is 4.85. The van der Waals surface area contributed by atoms with Crippen LogP contribution in [0.3, 0.4) is 0 Å². The second kappa shape index (κ2) is 6.08. The number of benzene rings is 2. The van der Waals surface area contributed by atoms with Crippen LogP contribution in [0.4, 0.5) is 0 Å². The predicted molar refractivity (Wildman–Crippen MR) is 86.6 cm³/mol. The first-order valence-corrected chi connectivity index (χ1v) is 7.77. The van der Waals surface area contributed by atoms with Gasteiger partial charge in [0, 0.05) is 10.6 Å². The molecule has 1 heterocycles. The third-order valence-electron chi connectivity index (χ3n) is 3.64. The quantitative estimate of drug-likeness (QED) is 0.859. The molecular formula is C16H14BrClO4. The number of hydrogen-bond acceptors (Lipinski definition) is 4. The monoisotopic (exact) mass is 384 g/mol. The van der Waals surface area contributed by atoms with Crippen molar-refractivity contribution >= 4 is 27.5 Å². The van der Waals surface area contributed by atoms with Crippen LogP contribution in [0, 0.1) is 0 Å². The van der Waals surface area contributed by atoms with E-state index < -0.39 is 12.4 Å². The zero-order valence-corrected chi connectivity index (χ0v) is 14.3. The molecule has 2 aromatic rings. The van der Waals surface area contributed by atoms with Crippen LogP contribution in [0.2, 0.25) is 5.02 Å². The Balaban J connectivity index is 2.11. The van der Waals surface area contributed by atoms with Gasteiger partial charge in [-0.1, -0.05) is 23.7 Å². The van der Waals surface area contributed by atoms with Crippen molar-refractivity contribution in [3.63, 3.8) is 0 Å². The van der Waals surface area contributed by atoms with Crippen molar-refractivity contribution in [2.75, 3.05) is 14.2 Å². The van der Waals surface area contributed by atoms with Crippen molar-refractivity contribution in [1.29, 1.82) is 0 Å². The lowest BCUT2D eigenvalue weighted by Gasteiger charge is -2.16. The summed E-state index contributed by atoms with van der Waals surface area (Å²) < 4.78 is 17.1. The van der Waals surface area contributed by atoms with Crippen LogP contribution < -0.4 is 9.47 Å². The Kier molecular flexibility index (Phi) is 4.32. The average molecular weight is 386 g/mol. The van der Waals surface area contributed by atoms with E-state index in [2.05, 4.69) is 15.9 Å². The number of rotatable bonds is 3. The van der Waals surface area contributed by atoms with E-state index in [1.54, 1.807) is 20.3 Å². The summed E-state index contributed by atoms with van der Waals surface area (Å²) in [5, 5.41) is 10.6. The molecule has 0 spiro atoms. The van der Waals surface area contributed by atoms with Gasteiger partial charge in [0.1, 0.15) is 6.10 Å². The molecule has 4 nitrogen and oxygen atoms in total. The van der Waals surface area contributed by atoms with Gasteiger partial charge >= 0.3 is 0 Å². The van der Waals surface area contributed by atoms with Crippen molar-refractivity contribution in [3.05, 3.63) is 56.5 Å². The fourth-order valence-corrected chi connectivity index (χ4v) is 3.56. The number of halogens is 2. The normalized spacial score (nSPS) is 19.9. The van der Waals surface area contributed by atoms with E-state index in [0.717, 1.165) is 15.6 Å². The minimum atomic E-state index is -1.04. The lowest BCUT2D eigenvalue weighted by atomic mass is 9.99. The summed E-state index contributed by atoms with van der Waals surface area (Å²) in [4.78, 5) is 0. The number of ether oxygens (including phenoxy) is 3.